The Bertz CT molecular complexity index is 126. The standard InChI is InChI=1S/C4H7N.5FH.Nb/c1-2-3-4-5;;;;;;/h2-3H2,1H3;5*1H;/q;;;;;;+5/p-5. The van der Waals surface area contributed by atoms with Gasteiger partial charge < -0.3 is 0 Å². The molecular formula is C4H7F5NNb. The molecule has 0 rings (SSSR count). The first kappa shape index (κ1) is 13.5. The summed E-state index contributed by atoms with van der Waals surface area (Å²) in [4.78, 5) is 0. The molecule has 0 bridgehead atoms. The molecule has 0 unspecified atom stereocenters. The molecule has 1 nitrogen and oxygen atoms in total. The van der Waals surface area contributed by atoms with E-state index >= 15 is 0 Å². The van der Waals surface area contributed by atoms with Crippen molar-refractivity contribution < 1.29 is 33.7 Å². The molecule has 0 radical (unpaired) electrons. The first-order valence-corrected chi connectivity index (χ1v) is 6.78. The molecule has 0 N–H and O–H groups in total. The van der Waals surface area contributed by atoms with E-state index < -0.39 is 18.5 Å². The van der Waals surface area contributed by atoms with Crippen LogP contribution in [0.25, 0.3) is 0 Å². The van der Waals surface area contributed by atoms with Gasteiger partial charge in [-0.15, -0.1) is 0 Å². The van der Waals surface area contributed by atoms with Gasteiger partial charge >= 0.3 is 33.7 Å². The molecule has 0 amide bonds. The van der Waals surface area contributed by atoms with E-state index in [0.717, 1.165) is 6.42 Å². The van der Waals surface area contributed by atoms with E-state index in [1.165, 1.54) is 0 Å². The second kappa shape index (κ2) is 4.70. The number of hydrogen-bond acceptors (Lipinski definition) is 1. The summed E-state index contributed by atoms with van der Waals surface area (Å²) in [5.41, 5.74) is 0. The molecule has 0 aromatic carbocycles. The van der Waals surface area contributed by atoms with Gasteiger partial charge in [-0.3, -0.25) is 0 Å². The molecule has 0 aliphatic carbocycles. The van der Waals surface area contributed by atoms with E-state index in [1.807, 2.05) is 13.0 Å². The van der Waals surface area contributed by atoms with Crippen LogP contribution in [0, 0.1) is 11.3 Å². The van der Waals surface area contributed by atoms with Gasteiger partial charge in [0.1, 0.15) is 0 Å². The predicted molar refractivity (Wildman–Crippen MR) is 26.1 cm³/mol. The third-order valence-corrected chi connectivity index (χ3v) is 0.362. The third kappa shape index (κ3) is 174. The zero-order valence-corrected chi connectivity index (χ0v) is 7.90. The van der Waals surface area contributed by atoms with Crippen LogP contribution in [0.3, 0.4) is 0 Å². The maximum absolute atomic E-state index is 9.91. The second-order valence-electron chi connectivity index (χ2n) is 1.55. The van der Waals surface area contributed by atoms with Crippen molar-refractivity contribution >= 4 is 0 Å². The molecule has 0 aromatic rings. The molecule has 0 aromatic heterocycles. The Kier molecular flexibility index (Phi) is 5.75. The first-order chi connectivity index (χ1) is 4.65. The van der Waals surface area contributed by atoms with Gasteiger partial charge in [0.05, 0.1) is 6.07 Å². The van der Waals surface area contributed by atoms with Crippen LogP contribution >= 0.6 is 0 Å². The Labute approximate surface area is 65.3 Å². The van der Waals surface area contributed by atoms with E-state index in [2.05, 4.69) is 0 Å². The molecule has 0 atom stereocenters. The van der Waals surface area contributed by atoms with Crippen LogP contribution in [0.15, 0.2) is 0 Å². The van der Waals surface area contributed by atoms with Crippen molar-refractivity contribution in [3.63, 3.8) is 0 Å². The molecule has 7 heteroatoms. The summed E-state index contributed by atoms with van der Waals surface area (Å²) < 4.78 is 49.6. The Balaban J connectivity index is 0. The van der Waals surface area contributed by atoms with Crippen molar-refractivity contribution in [1.82, 2.24) is 0 Å². The molecule has 68 valence electrons. The van der Waals surface area contributed by atoms with Crippen LogP contribution in [-0.4, -0.2) is 0 Å². The molecule has 0 heterocycles. The quantitative estimate of drug-likeness (QED) is 0.521. The van der Waals surface area contributed by atoms with E-state index in [4.69, 9.17) is 5.26 Å². The van der Waals surface area contributed by atoms with Crippen LogP contribution < -0.4 is 0 Å². The molecule has 0 aliphatic heterocycles. The number of halogens is 5. The van der Waals surface area contributed by atoms with Crippen molar-refractivity contribution in [2.75, 3.05) is 0 Å². The van der Waals surface area contributed by atoms with E-state index in [1.54, 1.807) is 0 Å². The monoisotopic (exact) mass is 257 g/mol. The Hall–Kier alpha value is -0.120. The SMILES string of the molecule is CCCC#N.[F][Nb]([F])([F])([F])[F]. The molecular weight excluding hydrogens is 250 g/mol. The summed E-state index contributed by atoms with van der Waals surface area (Å²) in [6.45, 7) is 1.99. The summed E-state index contributed by atoms with van der Waals surface area (Å²) in [5.74, 6) is 0. The summed E-state index contributed by atoms with van der Waals surface area (Å²) in [5, 5.41) is 7.82. The van der Waals surface area contributed by atoms with Crippen molar-refractivity contribution in [1.29, 1.82) is 5.26 Å². The Morgan fingerprint density at radius 1 is 1.18 bits per heavy atom. The number of nitriles is 1. The summed E-state index contributed by atoms with van der Waals surface area (Å²) in [7, 11) is 0. The fraction of sp³-hybridized carbons (Fsp3) is 0.750. The van der Waals surface area contributed by atoms with Crippen LogP contribution in [-0.2, 0) is 18.5 Å². The number of hydrogen-bond donors (Lipinski definition) is 0. The summed E-state index contributed by atoms with van der Waals surface area (Å²) in [6.07, 6.45) is 1.68. The van der Waals surface area contributed by atoms with E-state index in [9.17, 15) is 15.1 Å². The molecule has 0 saturated carbocycles. The van der Waals surface area contributed by atoms with Gasteiger partial charge in [-0.25, -0.2) is 0 Å². The number of unbranched alkanes of at least 4 members (excludes halogenated alkanes) is 1. The molecule has 11 heavy (non-hydrogen) atoms. The van der Waals surface area contributed by atoms with E-state index in [-0.39, 0.29) is 0 Å². The average molecular weight is 257 g/mol. The molecule has 0 saturated heterocycles. The van der Waals surface area contributed by atoms with Crippen molar-refractivity contribution in [2.24, 2.45) is 0 Å². The van der Waals surface area contributed by atoms with Crippen molar-refractivity contribution in [2.45, 2.75) is 19.8 Å². The first-order valence-electron chi connectivity index (χ1n) is 2.63. The minimum atomic E-state index is -9.19. The number of nitrogens with zero attached hydrogens (tertiary/aromatic N) is 1. The van der Waals surface area contributed by atoms with E-state index in [0.29, 0.717) is 6.42 Å². The van der Waals surface area contributed by atoms with Gasteiger partial charge in [-0.05, 0) is 6.42 Å². The van der Waals surface area contributed by atoms with Crippen LogP contribution in [0.1, 0.15) is 19.8 Å². The average Bonchev–Trinajstić information content (AvgIpc) is 1.60. The molecule has 0 spiro atoms. The van der Waals surface area contributed by atoms with Crippen LogP contribution in [0.4, 0.5) is 15.1 Å². The second-order valence-corrected chi connectivity index (χ2v) is 4.69. The van der Waals surface area contributed by atoms with Crippen LogP contribution in [0.2, 0.25) is 0 Å². The Morgan fingerprint density at radius 3 is 1.45 bits per heavy atom. The van der Waals surface area contributed by atoms with Gasteiger partial charge in [0.2, 0.25) is 0 Å². The normalized spacial score (nSPS) is 13.4. The molecule has 0 aliphatic rings. The number of rotatable bonds is 1. The topological polar surface area (TPSA) is 23.8 Å². The summed E-state index contributed by atoms with van der Waals surface area (Å²) >= 11 is -9.19. The van der Waals surface area contributed by atoms with Crippen LogP contribution in [0.5, 0.6) is 0 Å². The van der Waals surface area contributed by atoms with Gasteiger partial charge in [-0.1, -0.05) is 6.92 Å². The fourth-order valence-corrected chi connectivity index (χ4v) is 0.112. The summed E-state index contributed by atoms with van der Waals surface area (Å²) in [6, 6.07) is 2.02. The minimum absolute atomic E-state index is 0.694. The zero-order chi connectivity index (χ0) is 9.57. The molecule has 0 fully saturated rings. The van der Waals surface area contributed by atoms with Gasteiger partial charge in [0, 0.05) is 6.42 Å². The fourth-order valence-electron chi connectivity index (χ4n) is 0.112. The zero-order valence-electron chi connectivity index (χ0n) is 5.70. The predicted octanol–water partition coefficient (Wildman–Crippen LogP) is 3.41. The van der Waals surface area contributed by atoms with Gasteiger partial charge in [0.15, 0.2) is 0 Å². The third-order valence-electron chi connectivity index (χ3n) is 0.362. The van der Waals surface area contributed by atoms with Gasteiger partial charge in [-0.2, -0.15) is 5.26 Å². The van der Waals surface area contributed by atoms with Crippen molar-refractivity contribution in [3.05, 3.63) is 0 Å². The van der Waals surface area contributed by atoms with Gasteiger partial charge in [0.25, 0.3) is 0 Å². The Morgan fingerprint density at radius 2 is 1.45 bits per heavy atom. The van der Waals surface area contributed by atoms with Crippen molar-refractivity contribution in [3.8, 4) is 6.07 Å². The maximum atomic E-state index is 9.91.